The number of hydrogen-bond acceptors (Lipinski definition) is 1. The number of nitrogens with two attached hydrogens (primary N) is 1. The van der Waals surface area contributed by atoms with Gasteiger partial charge in [-0.05, 0) is 30.5 Å². The van der Waals surface area contributed by atoms with Crippen LogP contribution < -0.4 is 5.73 Å². The van der Waals surface area contributed by atoms with Crippen molar-refractivity contribution in [3.63, 3.8) is 0 Å². The van der Waals surface area contributed by atoms with Gasteiger partial charge in [0.2, 0.25) is 0 Å². The van der Waals surface area contributed by atoms with Crippen molar-refractivity contribution in [2.45, 2.75) is 30.7 Å². The molecule has 4 heteroatoms. The van der Waals surface area contributed by atoms with Crippen LogP contribution in [0.2, 0.25) is 0 Å². The van der Waals surface area contributed by atoms with Gasteiger partial charge in [-0.15, -0.1) is 0 Å². The predicted molar refractivity (Wildman–Crippen MR) is 51.2 cm³/mol. The minimum absolute atomic E-state index is 0.289. The minimum Gasteiger partial charge on any atom is -0.320 e. The highest BCUT2D eigenvalue weighted by Crippen LogP contribution is 2.47. The summed E-state index contributed by atoms with van der Waals surface area (Å²) in [6.45, 7) is 0. The largest absolute Gasteiger partial charge is 0.320 e. The predicted octanol–water partition coefficient (Wildman–Crippen LogP) is 2.49. The summed E-state index contributed by atoms with van der Waals surface area (Å²) in [5.74, 6) is -3.44. The van der Waals surface area contributed by atoms with Gasteiger partial charge < -0.3 is 5.73 Å². The van der Waals surface area contributed by atoms with Gasteiger partial charge in [0.1, 0.15) is 5.82 Å². The Hall–Kier alpha value is -1.03. The van der Waals surface area contributed by atoms with Crippen molar-refractivity contribution in [2.24, 2.45) is 5.73 Å². The van der Waals surface area contributed by atoms with Crippen molar-refractivity contribution in [3.8, 4) is 0 Å². The molecule has 0 spiro atoms. The highest BCUT2D eigenvalue weighted by atomic mass is 19.3. The summed E-state index contributed by atoms with van der Waals surface area (Å²) < 4.78 is 39.9. The van der Waals surface area contributed by atoms with Crippen LogP contribution in [0.4, 0.5) is 13.2 Å². The van der Waals surface area contributed by atoms with Gasteiger partial charge in [-0.1, -0.05) is 12.1 Å². The Morgan fingerprint density at radius 2 is 2.00 bits per heavy atom. The topological polar surface area (TPSA) is 26.0 Å². The average molecular weight is 215 g/mol. The summed E-state index contributed by atoms with van der Waals surface area (Å²) in [7, 11) is 0. The first-order valence-electron chi connectivity index (χ1n) is 4.84. The van der Waals surface area contributed by atoms with Gasteiger partial charge in [-0.2, -0.15) is 0 Å². The van der Waals surface area contributed by atoms with Crippen molar-refractivity contribution < 1.29 is 13.2 Å². The Bertz CT molecular complexity index is 372. The molecule has 0 saturated heterocycles. The van der Waals surface area contributed by atoms with E-state index >= 15 is 0 Å². The van der Waals surface area contributed by atoms with Crippen LogP contribution in [0.1, 0.15) is 18.4 Å². The van der Waals surface area contributed by atoms with E-state index < -0.39 is 23.7 Å². The average Bonchev–Trinajstić information content (AvgIpc) is 2.84. The summed E-state index contributed by atoms with van der Waals surface area (Å²) in [6, 6.07) is 5.27. The standard InChI is InChI=1S/C11H12F3N/c12-9-3-1-2-8(6-9)7-11(13,14)10(15)4-5-10/h1-3,6H,4-5,7,15H2. The van der Waals surface area contributed by atoms with Gasteiger partial charge >= 0.3 is 0 Å². The summed E-state index contributed by atoms with van der Waals surface area (Å²) in [5, 5.41) is 0. The van der Waals surface area contributed by atoms with E-state index in [1.165, 1.54) is 18.2 Å². The van der Waals surface area contributed by atoms with Gasteiger partial charge in [0, 0.05) is 6.42 Å². The number of halogens is 3. The lowest BCUT2D eigenvalue weighted by Crippen LogP contribution is -2.45. The van der Waals surface area contributed by atoms with Crippen LogP contribution in [-0.4, -0.2) is 11.5 Å². The number of alkyl halides is 2. The van der Waals surface area contributed by atoms with Crippen LogP contribution >= 0.6 is 0 Å². The Labute approximate surface area is 86.1 Å². The molecule has 1 aromatic rings. The molecule has 1 aliphatic rings. The lowest BCUT2D eigenvalue weighted by molar-refractivity contribution is -0.0350. The lowest BCUT2D eigenvalue weighted by Gasteiger charge is -2.23. The zero-order chi connectivity index (χ0) is 11.1. The third kappa shape index (κ3) is 2.00. The van der Waals surface area contributed by atoms with Crippen LogP contribution in [0.5, 0.6) is 0 Å². The van der Waals surface area contributed by atoms with Crippen molar-refractivity contribution >= 4 is 0 Å². The van der Waals surface area contributed by atoms with E-state index in [1.54, 1.807) is 0 Å². The van der Waals surface area contributed by atoms with Crippen LogP contribution in [0.25, 0.3) is 0 Å². The molecule has 0 bridgehead atoms. The molecule has 0 radical (unpaired) electrons. The molecule has 1 saturated carbocycles. The highest BCUT2D eigenvalue weighted by molar-refractivity contribution is 5.21. The van der Waals surface area contributed by atoms with Crippen LogP contribution in [0, 0.1) is 5.82 Å². The van der Waals surface area contributed by atoms with Crippen LogP contribution in [-0.2, 0) is 6.42 Å². The van der Waals surface area contributed by atoms with Crippen molar-refractivity contribution in [1.29, 1.82) is 0 Å². The number of benzene rings is 1. The summed E-state index contributed by atoms with van der Waals surface area (Å²) in [5.41, 5.74) is 4.39. The van der Waals surface area contributed by atoms with E-state index in [4.69, 9.17) is 5.73 Å². The molecule has 0 atom stereocenters. The molecule has 0 unspecified atom stereocenters. The van der Waals surface area contributed by atoms with E-state index in [-0.39, 0.29) is 5.56 Å². The first-order valence-corrected chi connectivity index (χ1v) is 4.84. The quantitative estimate of drug-likeness (QED) is 0.823. The summed E-state index contributed by atoms with van der Waals surface area (Å²) >= 11 is 0. The second-order valence-electron chi connectivity index (χ2n) is 4.17. The third-order valence-corrected chi connectivity index (χ3v) is 2.83. The molecule has 0 heterocycles. The molecule has 1 aromatic carbocycles. The first kappa shape index (κ1) is 10.5. The Morgan fingerprint density at radius 1 is 1.33 bits per heavy atom. The summed E-state index contributed by atoms with van der Waals surface area (Å²) in [4.78, 5) is 0. The van der Waals surface area contributed by atoms with Gasteiger partial charge in [-0.25, -0.2) is 13.2 Å². The molecule has 2 rings (SSSR count). The fraction of sp³-hybridized carbons (Fsp3) is 0.455. The molecule has 1 fully saturated rings. The minimum atomic E-state index is -2.94. The van der Waals surface area contributed by atoms with Crippen LogP contribution in [0.15, 0.2) is 24.3 Å². The number of hydrogen-bond donors (Lipinski definition) is 1. The van der Waals surface area contributed by atoms with E-state index in [0.29, 0.717) is 12.8 Å². The Kier molecular flexibility index (Phi) is 2.26. The zero-order valence-corrected chi connectivity index (χ0v) is 8.14. The molecule has 0 aromatic heterocycles. The molecule has 82 valence electrons. The molecular weight excluding hydrogens is 203 g/mol. The second-order valence-corrected chi connectivity index (χ2v) is 4.17. The van der Waals surface area contributed by atoms with Crippen molar-refractivity contribution in [3.05, 3.63) is 35.6 Å². The third-order valence-electron chi connectivity index (χ3n) is 2.83. The van der Waals surface area contributed by atoms with Crippen LogP contribution in [0.3, 0.4) is 0 Å². The Balaban J connectivity index is 2.14. The monoisotopic (exact) mass is 215 g/mol. The van der Waals surface area contributed by atoms with E-state index in [9.17, 15) is 13.2 Å². The maximum atomic E-state index is 13.6. The SMILES string of the molecule is NC1(C(F)(F)Cc2cccc(F)c2)CC1. The molecule has 15 heavy (non-hydrogen) atoms. The van der Waals surface area contributed by atoms with E-state index in [0.717, 1.165) is 6.07 Å². The van der Waals surface area contributed by atoms with Gasteiger partial charge in [0.15, 0.2) is 0 Å². The normalized spacial score (nSPS) is 18.9. The zero-order valence-electron chi connectivity index (χ0n) is 8.14. The molecule has 0 aliphatic heterocycles. The smallest absolute Gasteiger partial charge is 0.269 e. The fourth-order valence-electron chi connectivity index (χ4n) is 1.58. The van der Waals surface area contributed by atoms with Gasteiger partial charge in [-0.3, -0.25) is 0 Å². The highest BCUT2D eigenvalue weighted by Gasteiger charge is 2.58. The second kappa shape index (κ2) is 3.23. The van der Waals surface area contributed by atoms with E-state index in [1.807, 2.05) is 0 Å². The Morgan fingerprint density at radius 3 is 2.53 bits per heavy atom. The first-order chi connectivity index (χ1) is 6.93. The van der Waals surface area contributed by atoms with Gasteiger partial charge in [0.25, 0.3) is 5.92 Å². The maximum absolute atomic E-state index is 13.6. The van der Waals surface area contributed by atoms with E-state index in [2.05, 4.69) is 0 Å². The van der Waals surface area contributed by atoms with Crippen molar-refractivity contribution in [1.82, 2.24) is 0 Å². The molecular formula is C11H12F3N. The number of rotatable bonds is 3. The maximum Gasteiger partial charge on any atom is 0.269 e. The van der Waals surface area contributed by atoms with Gasteiger partial charge in [0.05, 0.1) is 5.54 Å². The fourth-order valence-corrected chi connectivity index (χ4v) is 1.58. The molecule has 1 nitrogen and oxygen atoms in total. The molecule has 2 N–H and O–H groups in total. The summed E-state index contributed by atoms with van der Waals surface area (Å²) in [6.07, 6.45) is 0.200. The molecule has 0 amide bonds. The lowest BCUT2D eigenvalue weighted by atomic mass is 10.00. The molecule has 1 aliphatic carbocycles. The van der Waals surface area contributed by atoms with Crippen molar-refractivity contribution in [2.75, 3.05) is 0 Å².